The molecule has 0 aliphatic carbocycles. The number of hydrogen-bond donors (Lipinski definition) is 3. The lowest BCUT2D eigenvalue weighted by Gasteiger charge is -2.20. The van der Waals surface area contributed by atoms with Crippen LogP contribution in [0.25, 0.3) is 0 Å². The van der Waals surface area contributed by atoms with E-state index in [0.29, 0.717) is 5.56 Å². The van der Waals surface area contributed by atoms with Gasteiger partial charge in [0.05, 0.1) is 12.5 Å². The number of amides is 2. The first-order chi connectivity index (χ1) is 10.7. The molecule has 2 amide bonds. The first-order valence-electron chi connectivity index (χ1n) is 7.20. The van der Waals surface area contributed by atoms with Crippen LogP contribution in [0.3, 0.4) is 0 Å². The highest BCUT2D eigenvalue weighted by Gasteiger charge is 2.20. The molecule has 0 radical (unpaired) electrons. The molecular formula is C16H22N2O5. The van der Waals surface area contributed by atoms with Gasteiger partial charge in [0.15, 0.2) is 0 Å². The molecule has 0 aromatic heterocycles. The number of carboxylic acids is 1. The topological polar surface area (TPSA) is 105 Å². The van der Waals surface area contributed by atoms with Crippen molar-refractivity contribution in [2.45, 2.75) is 38.8 Å². The average molecular weight is 322 g/mol. The second kappa shape index (κ2) is 8.17. The van der Waals surface area contributed by atoms with Crippen molar-refractivity contribution in [1.29, 1.82) is 0 Å². The zero-order valence-corrected chi connectivity index (χ0v) is 13.5. The summed E-state index contributed by atoms with van der Waals surface area (Å²) < 4.78 is 5.02. The zero-order chi connectivity index (χ0) is 17.5. The van der Waals surface area contributed by atoms with E-state index in [2.05, 4.69) is 10.6 Å². The van der Waals surface area contributed by atoms with Gasteiger partial charge in [-0.2, -0.15) is 0 Å². The third kappa shape index (κ3) is 7.85. The SMILES string of the molecule is CC(C)(C)OC(=O)NCC(=O)N[C@H](CC(=O)O)c1ccccc1. The molecule has 0 bridgehead atoms. The van der Waals surface area contributed by atoms with Crippen LogP contribution in [0.2, 0.25) is 0 Å². The van der Waals surface area contributed by atoms with Gasteiger partial charge in [0.1, 0.15) is 12.1 Å². The minimum Gasteiger partial charge on any atom is -0.481 e. The Morgan fingerprint density at radius 2 is 1.78 bits per heavy atom. The molecule has 7 heteroatoms. The van der Waals surface area contributed by atoms with Crippen molar-refractivity contribution < 1.29 is 24.2 Å². The van der Waals surface area contributed by atoms with Gasteiger partial charge in [-0.3, -0.25) is 9.59 Å². The molecule has 0 aliphatic heterocycles. The van der Waals surface area contributed by atoms with E-state index in [9.17, 15) is 14.4 Å². The van der Waals surface area contributed by atoms with Crippen LogP contribution in [-0.2, 0) is 14.3 Å². The van der Waals surface area contributed by atoms with Gasteiger partial charge in [0.2, 0.25) is 5.91 Å². The Balaban J connectivity index is 2.57. The minimum absolute atomic E-state index is 0.248. The van der Waals surface area contributed by atoms with Crippen LogP contribution >= 0.6 is 0 Å². The summed E-state index contributed by atoms with van der Waals surface area (Å²) in [5.41, 5.74) is 0.0247. The number of nitrogens with one attached hydrogen (secondary N) is 2. The van der Waals surface area contributed by atoms with Crippen LogP contribution in [0.5, 0.6) is 0 Å². The number of carbonyl (C=O) groups excluding carboxylic acids is 2. The van der Waals surface area contributed by atoms with Gasteiger partial charge in [-0.1, -0.05) is 30.3 Å². The predicted molar refractivity (Wildman–Crippen MR) is 83.8 cm³/mol. The summed E-state index contributed by atoms with van der Waals surface area (Å²) in [7, 11) is 0. The lowest BCUT2D eigenvalue weighted by atomic mass is 10.0. The number of carbonyl (C=O) groups is 3. The van der Waals surface area contributed by atoms with E-state index in [1.807, 2.05) is 0 Å². The first-order valence-corrected chi connectivity index (χ1v) is 7.20. The molecule has 7 nitrogen and oxygen atoms in total. The number of alkyl carbamates (subject to hydrolysis) is 1. The Bertz CT molecular complexity index is 551. The molecule has 0 fully saturated rings. The van der Waals surface area contributed by atoms with Gasteiger partial charge in [-0.05, 0) is 26.3 Å². The number of hydrogen-bond acceptors (Lipinski definition) is 4. The summed E-state index contributed by atoms with van der Waals surface area (Å²) in [6.45, 7) is 4.85. The molecule has 126 valence electrons. The van der Waals surface area contributed by atoms with E-state index in [-0.39, 0.29) is 13.0 Å². The quantitative estimate of drug-likeness (QED) is 0.741. The highest BCUT2D eigenvalue weighted by Crippen LogP contribution is 2.16. The summed E-state index contributed by atoms with van der Waals surface area (Å²) in [5, 5.41) is 13.9. The molecule has 23 heavy (non-hydrogen) atoms. The van der Waals surface area contributed by atoms with Crippen molar-refractivity contribution in [2.24, 2.45) is 0 Å². The van der Waals surface area contributed by atoms with Crippen LogP contribution in [-0.4, -0.2) is 35.2 Å². The van der Waals surface area contributed by atoms with Gasteiger partial charge in [0.25, 0.3) is 0 Å². The third-order valence-electron chi connectivity index (χ3n) is 2.71. The lowest BCUT2D eigenvalue weighted by molar-refractivity contribution is -0.137. The molecule has 0 saturated carbocycles. The Hall–Kier alpha value is -2.57. The van der Waals surface area contributed by atoms with Gasteiger partial charge >= 0.3 is 12.1 Å². The molecule has 1 atom stereocenters. The van der Waals surface area contributed by atoms with E-state index in [4.69, 9.17) is 9.84 Å². The Morgan fingerprint density at radius 3 is 2.30 bits per heavy atom. The second-order valence-corrected chi connectivity index (χ2v) is 5.98. The number of rotatable bonds is 6. The van der Waals surface area contributed by atoms with Crippen LogP contribution in [0.1, 0.15) is 38.8 Å². The summed E-state index contributed by atoms with van der Waals surface area (Å²) in [5.74, 6) is -1.52. The number of carboxylic acid groups (broad SMARTS) is 1. The summed E-state index contributed by atoms with van der Waals surface area (Å²) in [6, 6.07) is 8.11. The largest absolute Gasteiger partial charge is 0.481 e. The number of ether oxygens (including phenoxy) is 1. The van der Waals surface area contributed by atoms with Crippen molar-refractivity contribution in [1.82, 2.24) is 10.6 Å². The second-order valence-electron chi connectivity index (χ2n) is 5.98. The van der Waals surface area contributed by atoms with E-state index < -0.39 is 29.6 Å². The van der Waals surface area contributed by atoms with Gasteiger partial charge in [-0.25, -0.2) is 4.79 Å². The lowest BCUT2D eigenvalue weighted by Crippen LogP contribution is -2.41. The van der Waals surface area contributed by atoms with Crippen molar-refractivity contribution in [3.63, 3.8) is 0 Å². The maximum absolute atomic E-state index is 11.9. The normalized spacial score (nSPS) is 12.1. The molecule has 0 heterocycles. The molecule has 0 aliphatic rings. The third-order valence-corrected chi connectivity index (χ3v) is 2.71. The van der Waals surface area contributed by atoms with Crippen molar-refractivity contribution in [2.75, 3.05) is 6.54 Å². The molecular weight excluding hydrogens is 300 g/mol. The maximum Gasteiger partial charge on any atom is 0.408 e. The minimum atomic E-state index is -1.03. The number of benzene rings is 1. The van der Waals surface area contributed by atoms with Gasteiger partial charge < -0.3 is 20.5 Å². The van der Waals surface area contributed by atoms with E-state index in [1.54, 1.807) is 51.1 Å². The van der Waals surface area contributed by atoms with Crippen LogP contribution in [0.4, 0.5) is 4.79 Å². The van der Waals surface area contributed by atoms with Crippen molar-refractivity contribution in [3.05, 3.63) is 35.9 Å². The Morgan fingerprint density at radius 1 is 1.17 bits per heavy atom. The van der Waals surface area contributed by atoms with Crippen molar-refractivity contribution in [3.8, 4) is 0 Å². The maximum atomic E-state index is 11.9. The van der Waals surface area contributed by atoms with Crippen LogP contribution in [0.15, 0.2) is 30.3 Å². The fourth-order valence-corrected chi connectivity index (χ4v) is 1.82. The molecule has 1 aromatic rings. The van der Waals surface area contributed by atoms with E-state index >= 15 is 0 Å². The zero-order valence-electron chi connectivity index (χ0n) is 13.5. The Labute approximate surface area is 135 Å². The molecule has 0 spiro atoms. The highest BCUT2D eigenvalue weighted by atomic mass is 16.6. The fraction of sp³-hybridized carbons (Fsp3) is 0.438. The van der Waals surface area contributed by atoms with Gasteiger partial charge in [-0.15, -0.1) is 0 Å². The van der Waals surface area contributed by atoms with E-state index in [1.165, 1.54) is 0 Å². The highest BCUT2D eigenvalue weighted by molar-refractivity contribution is 5.83. The summed E-state index contributed by atoms with van der Waals surface area (Å²) >= 11 is 0. The standard InChI is InChI=1S/C16H22N2O5/c1-16(2,3)23-15(22)17-10-13(19)18-12(9-14(20)21)11-7-5-4-6-8-11/h4-8,12H,9-10H2,1-3H3,(H,17,22)(H,18,19)(H,20,21)/t12-/m1/s1. The predicted octanol–water partition coefficient (Wildman–Crippen LogP) is 1.84. The van der Waals surface area contributed by atoms with Crippen LogP contribution < -0.4 is 10.6 Å². The first kappa shape index (κ1) is 18.5. The molecule has 0 unspecified atom stereocenters. The molecule has 3 N–H and O–H groups in total. The average Bonchev–Trinajstić information content (AvgIpc) is 2.43. The van der Waals surface area contributed by atoms with Gasteiger partial charge in [0, 0.05) is 0 Å². The fourth-order valence-electron chi connectivity index (χ4n) is 1.82. The van der Waals surface area contributed by atoms with E-state index in [0.717, 1.165) is 0 Å². The molecule has 1 rings (SSSR count). The Kier molecular flexibility index (Phi) is 6.56. The van der Waals surface area contributed by atoms with Crippen molar-refractivity contribution >= 4 is 18.0 Å². The summed E-state index contributed by atoms with van der Waals surface area (Å²) in [4.78, 5) is 34.3. The molecule has 1 aromatic carbocycles. The summed E-state index contributed by atoms with van der Waals surface area (Å²) in [6.07, 6.45) is -0.954. The molecule has 0 saturated heterocycles. The number of aliphatic carboxylic acids is 1. The smallest absolute Gasteiger partial charge is 0.408 e. The monoisotopic (exact) mass is 322 g/mol. The van der Waals surface area contributed by atoms with Crippen LogP contribution in [0, 0.1) is 0 Å².